The molecule has 1 aliphatic rings. The molecule has 1 heterocycles. The SMILES string of the molecule is CCN(CC)C1(C(Cc2ccncc2)NC)CCCC1. The predicted molar refractivity (Wildman–Crippen MR) is 84.9 cm³/mol. The lowest BCUT2D eigenvalue weighted by Gasteiger charge is -2.46. The van der Waals surface area contributed by atoms with Crippen LogP contribution in [0.4, 0.5) is 0 Å². The lowest BCUT2D eigenvalue weighted by Crippen LogP contribution is -2.60. The van der Waals surface area contributed by atoms with Gasteiger partial charge in [0.25, 0.3) is 0 Å². The molecule has 0 aromatic carbocycles. The molecular formula is C17H29N3. The molecule has 1 atom stereocenters. The zero-order chi connectivity index (χ0) is 14.4. The molecule has 3 nitrogen and oxygen atoms in total. The second-order valence-corrected chi connectivity index (χ2v) is 5.88. The van der Waals surface area contributed by atoms with Crippen LogP contribution in [0.15, 0.2) is 24.5 Å². The van der Waals surface area contributed by atoms with Crippen molar-refractivity contribution in [3.05, 3.63) is 30.1 Å². The van der Waals surface area contributed by atoms with Crippen molar-refractivity contribution < 1.29 is 0 Å². The van der Waals surface area contributed by atoms with Crippen molar-refractivity contribution in [1.82, 2.24) is 15.2 Å². The molecule has 1 aromatic rings. The minimum atomic E-state index is 0.335. The van der Waals surface area contributed by atoms with Gasteiger partial charge in [0.15, 0.2) is 0 Å². The van der Waals surface area contributed by atoms with E-state index in [1.54, 1.807) is 0 Å². The highest BCUT2D eigenvalue weighted by Gasteiger charge is 2.44. The fraction of sp³-hybridized carbons (Fsp3) is 0.706. The zero-order valence-electron chi connectivity index (χ0n) is 13.2. The van der Waals surface area contributed by atoms with Gasteiger partial charge in [0.05, 0.1) is 0 Å². The maximum atomic E-state index is 4.13. The molecule has 1 fully saturated rings. The van der Waals surface area contributed by atoms with Crippen LogP contribution in [0.5, 0.6) is 0 Å². The summed E-state index contributed by atoms with van der Waals surface area (Å²) in [7, 11) is 2.12. The van der Waals surface area contributed by atoms with Gasteiger partial charge in [-0.15, -0.1) is 0 Å². The van der Waals surface area contributed by atoms with Gasteiger partial charge in [-0.2, -0.15) is 0 Å². The molecule has 0 amide bonds. The maximum absolute atomic E-state index is 4.13. The molecule has 0 radical (unpaired) electrons. The van der Waals surface area contributed by atoms with Crippen LogP contribution in [0.1, 0.15) is 45.1 Å². The predicted octanol–water partition coefficient (Wildman–Crippen LogP) is 2.87. The molecule has 0 spiro atoms. The van der Waals surface area contributed by atoms with Crippen LogP contribution in [0.2, 0.25) is 0 Å². The summed E-state index contributed by atoms with van der Waals surface area (Å²) in [4.78, 5) is 6.81. The summed E-state index contributed by atoms with van der Waals surface area (Å²) in [6.07, 6.45) is 10.3. The van der Waals surface area contributed by atoms with Crippen molar-refractivity contribution >= 4 is 0 Å². The number of nitrogens with zero attached hydrogens (tertiary/aromatic N) is 2. The summed E-state index contributed by atoms with van der Waals surface area (Å²) < 4.78 is 0. The monoisotopic (exact) mass is 275 g/mol. The number of likely N-dealkylation sites (N-methyl/N-ethyl adjacent to an activating group) is 2. The van der Waals surface area contributed by atoms with E-state index in [2.05, 4.69) is 48.2 Å². The molecule has 1 unspecified atom stereocenters. The lowest BCUT2D eigenvalue weighted by atomic mass is 9.82. The smallest absolute Gasteiger partial charge is 0.0365 e. The standard InChI is InChI=1S/C17H29N3/c1-4-20(5-2)17(10-6-7-11-17)16(18-3)14-15-8-12-19-13-9-15/h8-9,12-13,16,18H,4-7,10-11,14H2,1-3H3. The second kappa shape index (κ2) is 7.19. The van der Waals surface area contributed by atoms with Crippen LogP contribution < -0.4 is 5.32 Å². The Morgan fingerprint density at radius 1 is 1.20 bits per heavy atom. The van der Waals surface area contributed by atoms with E-state index in [-0.39, 0.29) is 0 Å². The first-order valence-electron chi connectivity index (χ1n) is 8.08. The molecule has 0 bridgehead atoms. The Balaban J connectivity index is 2.21. The van der Waals surface area contributed by atoms with Crippen LogP contribution >= 0.6 is 0 Å². The van der Waals surface area contributed by atoms with Gasteiger partial charge in [-0.25, -0.2) is 0 Å². The fourth-order valence-corrected chi connectivity index (χ4v) is 4.04. The topological polar surface area (TPSA) is 28.2 Å². The van der Waals surface area contributed by atoms with E-state index in [0.29, 0.717) is 11.6 Å². The highest BCUT2D eigenvalue weighted by molar-refractivity contribution is 5.15. The fourth-order valence-electron chi connectivity index (χ4n) is 4.04. The second-order valence-electron chi connectivity index (χ2n) is 5.88. The number of pyridine rings is 1. The Bertz CT molecular complexity index is 380. The van der Waals surface area contributed by atoms with Gasteiger partial charge in [-0.05, 0) is 57.1 Å². The van der Waals surface area contributed by atoms with E-state index in [0.717, 1.165) is 19.5 Å². The van der Waals surface area contributed by atoms with Crippen molar-refractivity contribution in [2.75, 3.05) is 20.1 Å². The van der Waals surface area contributed by atoms with E-state index in [1.165, 1.54) is 31.2 Å². The molecule has 3 heteroatoms. The van der Waals surface area contributed by atoms with E-state index in [1.807, 2.05) is 12.4 Å². The first kappa shape index (κ1) is 15.5. The Labute approximate surface area is 123 Å². The number of rotatable bonds is 7. The number of nitrogens with one attached hydrogen (secondary N) is 1. The third-order valence-corrected chi connectivity index (χ3v) is 5.05. The van der Waals surface area contributed by atoms with E-state index in [4.69, 9.17) is 0 Å². The molecule has 112 valence electrons. The lowest BCUT2D eigenvalue weighted by molar-refractivity contribution is 0.0658. The third kappa shape index (κ3) is 3.04. The van der Waals surface area contributed by atoms with Crippen molar-refractivity contribution in [3.63, 3.8) is 0 Å². The van der Waals surface area contributed by atoms with Crippen molar-refractivity contribution in [2.45, 2.75) is 57.5 Å². The first-order valence-corrected chi connectivity index (χ1v) is 8.08. The minimum Gasteiger partial charge on any atom is -0.315 e. The van der Waals surface area contributed by atoms with Gasteiger partial charge in [-0.3, -0.25) is 9.88 Å². The minimum absolute atomic E-state index is 0.335. The summed E-state index contributed by atoms with van der Waals surface area (Å²) in [5, 5.41) is 3.62. The summed E-state index contributed by atoms with van der Waals surface area (Å²) in [5.74, 6) is 0. The Morgan fingerprint density at radius 3 is 2.30 bits per heavy atom. The molecule has 2 rings (SSSR count). The normalized spacial score (nSPS) is 19.4. The van der Waals surface area contributed by atoms with Gasteiger partial charge in [0.1, 0.15) is 0 Å². The van der Waals surface area contributed by atoms with Crippen LogP contribution in [0.25, 0.3) is 0 Å². The largest absolute Gasteiger partial charge is 0.315 e. The van der Waals surface area contributed by atoms with Crippen LogP contribution in [0, 0.1) is 0 Å². The Hall–Kier alpha value is -0.930. The molecular weight excluding hydrogens is 246 g/mol. The average molecular weight is 275 g/mol. The molecule has 1 aliphatic carbocycles. The van der Waals surface area contributed by atoms with Gasteiger partial charge < -0.3 is 5.32 Å². The highest BCUT2D eigenvalue weighted by Crippen LogP contribution is 2.39. The number of aromatic nitrogens is 1. The Kier molecular flexibility index (Phi) is 5.55. The van der Waals surface area contributed by atoms with Gasteiger partial charge in [-0.1, -0.05) is 26.7 Å². The average Bonchev–Trinajstić information content (AvgIpc) is 2.97. The summed E-state index contributed by atoms with van der Waals surface area (Å²) in [5.41, 5.74) is 1.72. The number of hydrogen-bond donors (Lipinski definition) is 1. The molecule has 1 saturated carbocycles. The Morgan fingerprint density at radius 2 is 1.80 bits per heavy atom. The van der Waals surface area contributed by atoms with Crippen LogP contribution in [0.3, 0.4) is 0 Å². The number of hydrogen-bond acceptors (Lipinski definition) is 3. The maximum Gasteiger partial charge on any atom is 0.0365 e. The molecule has 0 aliphatic heterocycles. The molecule has 1 N–H and O–H groups in total. The van der Waals surface area contributed by atoms with Crippen molar-refractivity contribution in [2.24, 2.45) is 0 Å². The van der Waals surface area contributed by atoms with Gasteiger partial charge in [0, 0.05) is 24.0 Å². The molecule has 20 heavy (non-hydrogen) atoms. The zero-order valence-corrected chi connectivity index (χ0v) is 13.2. The molecule has 0 saturated heterocycles. The van der Waals surface area contributed by atoms with Crippen molar-refractivity contribution in [1.29, 1.82) is 0 Å². The summed E-state index contributed by atoms with van der Waals surface area (Å²) in [6, 6.07) is 4.82. The van der Waals surface area contributed by atoms with Crippen LogP contribution in [-0.4, -0.2) is 41.6 Å². The van der Waals surface area contributed by atoms with E-state index in [9.17, 15) is 0 Å². The quantitative estimate of drug-likeness (QED) is 0.829. The first-order chi connectivity index (χ1) is 9.76. The third-order valence-electron chi connectivity index (χ3n) is 5.05. The van der Waals surface area contributed by atoms with E-state index < -0.39 is 0 Å². The summed E-state index contributed by atoms with van der Waals surface area (Å²) in [6.45, 7) is 6.88. The van der Waals surface area contributed by atoms with Crippen LogP contribution in [-0.2, 0) is 6.42 Å². The van der Waals surface area contributed by atoms with Gasteiger partial charge in [0.2, 0.25) is 0 Å². The highest BCUT2D eigenvalue weighted by atomic mass is 15.2. The van der Waals surface area contributed by atoms with Crippen molar-refractivity contribution in [3.8, 4) is 0 Å². The molecule has 1 aromatic heterocycles. The summed E-state index contributed by atoms with van der Waals surface area (Å²) >= 11 is 0. The van der Waals surface area contributed by atoms with E-state index >= 15 is 0 Å². The van der Waals surface area contributed by atoms with Gasteiger partial charge >= 0.3 is 0 Å².